The van der Waals surface area contributed by atoms with Crippen LogP contribution >= 0.6 is 31.9 Å². The van der Waals surface area contributed by atoms with E-state index in [1.165, 1.54) is 0 Å². The standard InChI is InChI=1S/C8H10Br2N2O/c1-8(11,4-13)5-2-3-6(9)12-7(5)10/h2-3,13H,4,11H2,1H3/t8-/m1/s1. The van der Waals surface area contributed by atoms with Crippen molar-refractivity contribution in [3.05, 3.63) is 26.9 Å². The second-order valence-corrected chi connectivity index (χ2v) is 4.61. The van der Waals surface area contributed by atoms with Gasteiger partial charge in [0.1, 0.15) is 9.21 Å². The first-order chi connectivity index (χ1) is 5.97. The quantitative estimate of drug-likeness (QED) is 0.819. The molecule has 0 aliphatic rings. The summed E-state index contributed by atoms with van der Waals surface area (Å²) in [7, 11) is 0. The molecule has 0 amide bonds. The average molecular weight is 310 g/mol. The largest absolute Gasteiger partial charge is 0.394 e. The molecule has 0 fully saturated rings. The predicted molar refractivity (Wildman–Crippen MR) is 58.3 cm³/mol. The minimum absolute atomic E-state index is 0.116. The van der Waals surface area contributed by atoms with Crippen molar-refractivity contribution >= 4 is 31.9 Å². The van der Waals surface area contributed by atoms with E-state index in [0.29, 0.717) is 4.60 Å². The van der Waals surface area contributed by atoms with Gasteiger partial charge in [0.2, 0.25) is 0 Å². The van der Waals surface area contributed by atoms with E-state index in [9.17, 15) is 0 Å². The van der Waals surface area contributed by atoms with Crippen LogP contribution in [0.2, 0.25) is 0 Å². The number of hydrogen-bond donors (Lipinski definition) is 2. The minimum atomic E-state index is -0.757. The second-order valence-electron chi connectivity index (χ2n) is 3.05. The summed E-state index contributed by atoms with van der Waals surface area (Å²) in [6, 6.07) is 3.62. The van der Waals surface area contributed by atoms with E-state index in [0.717, 1.165) is 10.2 Å². The van der Waals surface area contributed by atoms with Crippen molar-refractivity contribution in [2.45, 2.75) is 12.5 Å². The van der Waals surface area contributed by atoms with Crippen molar-refractivity contribution in [3.63, 3.8) is 0 Å². The van der Waals surface area contributed by atoms with E-state index in [1.807, 2.05) is 6.07 Å². The molecule has 0 saturated carbocycles. The lowest BCUT2D eigenvalue weighted by Gasteiger charge is -2.22. The molecule has 3 nitrogen and oxygen atoms in total. The monoisotopic (exact) mass is 308 g/mol. The van der Waals surface area contributed by atoms with E-state index in [-0.39, 0.29) is 6.61 Å². The maximum Gasteiger partial charge on any atom is 0.112 e. The number of nitrogens with zero attached hydrogens (tertiary/aromatic N) is 1. The van der Waals surface area contributed by atoms with Crippen molar-refractivity contribution in [2.75, 3.05) is 6.61 Å². The highest BCUT2D eigenvalue weighted by molar-refractivity contribution is 9.11. The number of aromatic nitrogens is 1. The topological polar surface area (TPSA) is 59.1 Å². The third-order valence-electron chi connectivity index (χ3n) is 1.76. The van der Waals surface area contributed by atoms with E-state index in [2.05, 4.69) is 36.8 Å². The molecule has 1 rings (SSSR count). The molecule has 1 heterocycles. The molecule has 1 aromatic rings. The second kappa shape index (κ2) is 4.04. The maximum absolute atomic E-state index is 9.06. The molecule has 3 N–H and O–H groups in total. The van der Waals surface area contributed by atoms with E-state index in [4.69, 9.17) is 10.8 Å². The van der Waals surface area contributed by atoms with Gasteiger partial charge in [0.25, 0.3) is 0 Å². The van der Waals surface area contributed by atoms with Crippen LogP contribution in [0.1, 0.15) is 12.5 Å². The molecule has 13 heavy (non-hydrogen) atoms. The molecule has 0 radical (unpaired) electrons. The highest BCUT2D eigenvalue weighted by atomic mass is 79.9. The van der Waals surface area contributed by atoms with Crippen molar-refractivity contribution in [1.82, 2.24) is 4.98 Å². The molecule has 0 aromatic carbocycles. The lowest BCUT2D eigenvalue weighted by Crippen LogP contribution is -2.37. The van der Waals surface area contributed by atoms with Crippen LogP contribution in [0.3, 0.4) is 0 Å². The van der Waals surface area contributed by atoms with E-state index in [1.54, 1.807) is 13.0 Å². The molecule has 72 valence electrons. The fourth-order valence-electron chi connectivity index (χ4n) is 0.923. The summed E-state index contributed by atoms with van der Waals surface area (Å²) in [5.74, 6) is 0. The summed E-state index contributed by atoms with van der Waals surface area (Å²) in [6.07, 6.45) is 0. The number of aliphatic hydroxyl groups is 1. The Labute approximate surface area is 93.6 Å². The van der Waals surface area contributed by atoms with Crippen LogP contribution in [-0.2, 0) is 5.54 Å². The van der Waals surface area contributed by atoms with Gasteiger partial charge >= 0.3 is 0 Å². The molecule has 5 heteroatoms. The predicted octanol–water partition coefficient (Wildman–Crippen LogP) is 1.77. The average Bonchev–Trinajstić information content (AvgIpc) is 2.03. The van der Waals surface area contributed by atoms with Gasteiger partial charge < -0.3 is 10.8 Å². The molecule has 1 atom stereocenters. The number of hydrogen-bond acceptors (Lipinski definition) is 3. The molecule has 0 aliphatic heterocycles. The Balaban J connectivity index is 3.16. The van der Waals surface area contributed by atoms with Gasteiger partial charge in [-0.25, -0.2) is 4.98 Å². The third kappa shape index (κ3) is 2.49. The van der Waals surface area contributed by atoms with Gasteiger partial charge in [0.15, 0.2) is 0 Å². The van der Waals surface area contributed by atoms with Crippen LogP contribution in [0.25, 0.3) is 0 Å². The summed E-state index contributed by atoms with van der Waals surface area (Å²) in [6.45, 7) is 1.64. The van der Waals surface area contributed by atoms with Crippen molar-refractivity contribution < 1.29 is 5.11 Å². The first-order valence-corrected chi connectivity index (χ1v) is 5.28. The van der Waals surface area contributed by atoms with Crippen molar-refractivity contribution in [3.8, 4) is 0 Å². The summed E-state index contributed by atoms with van der Waals surface area (Å²) in [5.41, 5.74) is 5.89. The molecule has 0 aliphatic carbocycles. The fraction of sp³-hybridized carbons (Fsp3) is 0.375. The Hall–Kier alpha value is 0.0300. The summed E-state index contributed by atoms with van der Waals surface area (Å²) >= 11 is 6.53. The van der Waals surface area contributed by atoms with Crippen molar-refractivity contribution in [2.24, 2.45) is 5.73 Å². The third-order valence-corrected chi connectivity index (χ3v) is 2.80. The molecule has 0 spiro atoms. The molecule has 0 saturated heterocycles. The minimum Gasteiger partial charge on any atom is -0.394 e. The van der Waals surface area contributed by atoms with E-state index >= 15 is 0 Å². The van der Waals surface area contributed by atoms with Crippen LogP contribution in [-0.4, -0.2) is 16.7 Å². The summed E-state index contributed by atoms with van der Waals surface area (Å²) in [4.78, 5) is 4.13. The van der Waals surface area contributed by atoms with Gasteiger partial charge in [-0.15, -0.1) is 0 Å². The molecule has 0 unspecified atom stereocenters. The maximum atomic E-state index is 9.06. The summed E-state index contributed by atoms with van der Waals surface area (Å²) < 4.78 is 1.39. The van der Waals surface area contributed by atoms with Gasteiger partial charge in [-0.05, 0) is 44.8 Å². The smallest absolute Gasteiger partial charge is 0.112 e. The Morgan fingerprint density at radius 2 is 2.15 bits per heavy atom. The zero-order valence-electron chi connectivity index (χ0n) is 7.09. The molecule has 1 aromatic heterocycles. The number of rotatable bonds is 2. The van der Waals surface area contributed by atoms with E-state index < -0.39 is 5.54 Å². The zero-order chi connectivity index (χ0) is 10.1. The Morgan fingerprint density at radius 3 is 2.62 bits per heavy atom. The lowest BCUT2D eigenvalue weighted by molar-refractivity contribution is 0.209. The van der Waals surface area contributed by atoms with Gasteiger partial charge in [0, 0.05) is 5.56 Å². The Kier molecular flexibility index (Phi) is 3.45. The highest BCUT2D eigenvalue weighted by Crippen LogP contribution is 2.25. The van der Waals surface area contributed by atoms with Gasteiger partial charge in [0.05, 0.1) is 12.1 Å². The fourth-order valence-corrected chi connectivity index (χ4v) is 2.25. The Morgan fingerprint density at radius 1 is 1.54 bits per heavy atom. The van der Waals surface area contributed by atoms with Gasteiger partial charge in [-0.3, -0.25) is 0 Å². The summed E-state index contributed by atoms with van der Waals surface area (Å²) in [5, 5.41) is 9.06. The first-order valence-electron chi connectivity index (χ1n) is 3.69. The Bertz CT molecular complexity index is 315. The number of aliphatic hydroxyl groups excluding tert-OH is 1. The highest BCUT2D eigenvalue weighted by Gasteiger charge is 2.23. The van der Waals surface area contributed by atoms with Gasteiger partial charge in [-0.2, -0.15) is 0 Å². The zero-order valence-corrected chi connectivity index (χ0v) is 10.3. The number of halogens is 2. The molecular formula is C8H10Br2N2O. The lowest BCUT2D eigenvalue weighted by atomic mass is 9.96. The van der Waals surface area contributed by atoms with Crippen molar-refractivity contribution in [1.29, 1.82) is 0 Å². The van der Waals surface area contributed by atoms with Gasteiger partial charge in [-0.1, -0.05) is 6.07 Å². The number of nitrogens with two attached hydrogens (primary N) is 1. The van der Waals surface area contributed by atoms with Crippen LogP contribution in [0.4, 0.5) is 0 Å². The first kappa shape index (κ1) is 11.1. The molecule has 0 bridgehead atoms. The SMILES string of the molecule is C[C@@](N)(CO)c1ccc(Br)nc1Br. The van der Waals surface area contributed by atoms with Crippen LogP contribution in [0.5, 0.6) is 0 Å². The van der Waals surface area contributed by atoms with Crippen LogP contribution in [0.15, 0.2) is 21.3 Å². The van der Waals surface area contributed by atoms with Crippen LogP contribution < -0.4 is 5.73 Å². The normalized spacial score (nSPS) is 15.5. The van der Waals surface area contributed by atoms with Crippen LogP contribution in [0, 0.1) is 0 Å². The molecular weight excluding hydrogens is 300 g/mol. The number of pyridine rings is 1.